The Balaban J connectivity index is 1.99. The third-order valence-electron chi connectivity index (χ3n) is 3.86. The largest absolute Gasteiger partial charge is 0.327 e. The molecule has 0 radical (unpaired) electrons. The smallest absolute Gasteiger partial charge is 0.0953 e. The molecule has 1 aromatic heterocycles. The SMILES string of the molecule is CC1CC(n2cncc2-c2cc(Cl)ccc2Cl)CCN1. The first kappa shape index (κ1) is 13.9. The highest BCUT2D eigenvalue weighted by molar-refractivity contribution is 6.35. The number of aromatic nitrogens is 2. The molecule has 1 aliphatic heterocycles. The van der Waals surface area contributed by atoms with E-state index in [1.165, 1.54) is 0 Å². The van der Waals surface area contributed by atoms with Gasteiger partial charge < -0.3 is 9.88 Å². The van der Waals surface area contributed by atoms with Gasteiger partial charge in [0, 0.05) is 22.7 Å². The van der Waals surface area contributed by atoms with Gasteiger partial charge in [0.25, 0.3) is 0 Å². The zero-order valence-corrected chi connectivity index (χ0v) is 12.8. The quantitative estimate of drug-likeness (QED) is 0.902. The van der Waals surface area contributed by atoms with Gasteiger partial charge in [0.2, 0.25) is 0 Å². The van der Waals surface area contributed by atoms with Crippen molar-refractivity contribution in [2.24, 2.45) is 0 Å². The van der Waals surface area contributed by atoms with Gasteiger partial charge in [-0.3, -0.25) is 0 Å². The molecule has 0 bridgehead atoms. The van der Waals surface area contributed by atoms with E-state index in [9.17, 15) is 0 Å². The third-order valence-corrected chi connectivity index (χ3v) is 4.42. The molecule has 0 aliphatic carbocycles. The Morgan fingerprint density at radius 2 is 2.20 bits per heavy atom. The van der Waals surface area contributed by atoms with Gasteiger partial charge in [0.1, 0.15) is 0 Å². The maximum atomic E-state index is 6.32. The van der Waals surface area contributed by atoms with E-state index in [1.807, 2.05) is 24.7 Å². The van der Waals surface area contributed by atoms with Crippen LogP contribution in [-0.2, 0) is 0 Å². The molecule has 1 fully saturated rings. The summed E-state index contributed by atoms with van der Waals surface area (Å²) >= 11 is 12.4. The lowest BCUT2D eigenvalue weighted by Gasteiger charge is -2.30. The second-order valence-corrected chi connectivity index (χ2v) is 6.19. The normalized spacial score (nSPS) is 22.9. The van der Waals surface area contributed by atoms with E-state index in [0.29, 0.717) is 22.1 Å². The van der Waals surface area contributed by atoms with Crippen LogP contribution in [0.2, 0.25) is 10.0 Å². The lowest BCUT2D eigenvalue weighted by Crippen LogP contribution is -2.36. The minimum absolute atomic E-state index is 0.457. The number of piperidine rings is 1. The van der Waals surface area contributed by atoms with Gasteiger partial charge >= 0.3 is 0 Å². The predicted octanol–water partition coefficient (Wildman–Crippen LogP) is 4.17. The summed E-state index contributed by atoms with van der Waals surface area (Å²) in [7, 11) is 0. The molecule has 106 valence electrons. The summed E-state index contributed by atoms with van der Waals surface area (Å²) in [6.45, 7) is 3.25. The first-order valence-electron chi connectivity index (χ1n) is 6.86. The summed E-state index contributed by atoms with van der Waals surface area (Å²) in [5, 5.41) is 4.87. The summed E-state index contributed by atoms with van der Waals surface area (Å²) in [6, 6.07) is 6.53. The molecule has 1 aromatic carbocycles. The molecular formula is C15H17Cl2N3. The molecule has 0 saturated carbocycles. The van der Waals surface area contributed by atoms with E-state index >= 15 is 0 Å². The zero-order chi connectivity index (χ0) is 14.1. The van der Waals surface area contributed by atoms with Gasteiger partial charge in [-0.1, -0.05) is 23.2 Å². The molecule has 0 amide bonds. The first-order chi connectivity index (χ1) is 9.65. The molecule has 2 aromatic rings. The summed E-state index contributed by atoms with van der Waals surface area (Å²) < 4.78 is 2.23. The van der Waals surface area contributed by atoms with Crippen LogP contribution < -0.4 is 5.32 Å². The minimum Gasteiger partial charge on any atom is -0.327 e. The molecule has 3 rings (SSSR count). The van der Waals surface area contributed by atoms with Crippen molar-refractivity contribution in [3.8, 4) is 11.3 Å². The van der Waals surface area contributed by atoms with Gasteiger partial charge in [-0.25, -0.2) is 4.98 Å². The van der Waals surface area contributed by atoms with Crippen molar-refractivity contribution in [2.45, 2.75) is 31.8 Å². The van der Waals surface area contributed by atoms with Crippen molar-refractivity contribution in [3.05, 3.63) is 40.8 Å². The molecule has 1 N–H and O–H groups in total. The first-order valence-corrected chi connectivity index (χ1v) is 7.61. The number of imidazole rings is 1. The van der Waals surface area contributed by atoms with Crippen molar-refractivity contribution in [1.82, 2.24) is 14.9 Å². The Labute approximate surface area is 128 Å². The molecule has 5 heteroatoms. The maximum Gasteiger partial charge on any atom is 0.0953 e. The Hall–Kier alpha value is -1.03. The van der Waals surface area contributed by atoms with Crippen LogP contribution >= 0.6 is 23.2 Å². The Morgan fingerprint density at radius 3 is 3.00 bits per heavy atom. The zero-order valence-electron chi connectivity index (χ0n) is 11.3. The van der Waals surface area contributed by atoms with Crippen molar-refractivity contribution in [3.63, 3.8) is 0 Å². The van der Waals surface area contributed by atoms with E-state index in [2.05, 4.69) is 21.8 Å². The average molecular weight is 310 g/mol. The van der Waals surface area contributed by atoms with Crippen LogP contribution in [0.1, 0.15) is 25.8 Å². The van der Waals surface area contributed by atoms with Gasteiger partial charge in [0.05, 0.1) is 23.2 Å². The van der Waals surface area contributed by atoms with Crippen LogP contribution in [0.25, 0.3) is 11.3 Å². The highest BCUT2D eigenvalue weighted by Gasteiger charge is 2.22. The monoisotopic (exact) mass is 309 g/mol. The number of hydrogen-bond donors (Lipinski definition) is 1. The van der Waals surface area contributed by atoms with Gasteiger partial charge in [0.15, 0.2) is 0 Å². The lowest BCUT2D eigenvalue weighted by atomic mass is 9.99. The van der Waals surface area contributed by atoms with Crippen LogP contribution in [0.3, 0.4) is 0 Å². The second kappa shape index (κ2) is 5.76. The van der Waals surface area contributed by atoms with E-state index in [0.717, 1.165) is 30.6 Å². The van der Waals surface area contributed by atoms with Gasteiger partial charge in [-0.15, -0.1) is 0 Å². The molecule has 20 heavy (non-hydrogen) atoms. The minimum atomic E-state index is 0.457. The van der Waals surface area contributed by atoms with E-state index in [1.54, 1.807) is 6.07 Å². The number of halogens is 2. The molecular weight excluding hydrogens is 293 g/mol. The number of nitrogens with zero attached hydrogens (tertiary/aromatic N) is 2. The van der Waals surface area contributed by atoms with Crippen molar-refractivity contribution in [2.75, 3.05) is 6.54 Å². The molecule has 2 unspecified atom stereocenters. The topological polar surface area (TPSA) is 29.9 Å². The van der Waals surface area contributed by atoms with Gasteiger partial charge in [-0.2, -0.15) is 0 Å². The second-order valence-electron chi connectivity index (χ2n) is 5.34. The summed E-state index contributed by atoms with van der Waals surface area (Å²) in [5.74, 6) is 0. The van der Waals surface area contributed by atoms with Crippen LogP contribution in [0, 0.1) is 0 Å². The van der Waals surface area contributed by atoms with Crippen LogP contribution in [0.15, 0.2) is 30.7 Å². The van der Waals surface area contributed by atoms with Crippen LogP contribution in [0.5, 0.6) is 0 Å². The molecule has 1 aliphatic rings. The van der Waals surface area contributed by atoms with Crippen molar-refractivity contribution < 1.29 is 0 Å². The fourth-order valence-electron chi connectivity index (χ4n) is 2.86. The molecule has 1 saturated heterocycles. The van der Waals surface area contributed by atoms with E-state index in [-0.39, 0.29) is 0 Å². The molecule has 3 nitrogen and oxygen atoms in total. The maximum absolute atomic E-state index is 6.32. The number of benzene rings is 1. The van der Waals surface area contributed by atoms with Gasteiger partial charge in [-0.05, 0) is 44.5 Å². The predicted molar refractivity (Wildman–Crippen MR) is 83.4 cm³/mol. The Morgan fingerprint density at radius 1 is 1.35 bits per heavy atom. The molecule has 2 atom stereocenters. The summed E-state index contributed by atoms with van der Waals surface area (Å²) in [4.78, 5) is 4.31. The summed E-state index contributed by atoms with van der Waals surface area (Å²) in [5.41, 5.74) is 1.99. The number of hydrogen-bond acceptors (Lipinski definition) is 2. The molecule has 0 spiro atoms. The Bertz CT molecular complexity index is 609. The average Bonchev–Trinajstić information content (AvgIpc) is 2.90. The summed E-state index contributed by atoms with van der Waals surface area (Å²) in [6.07, 6.45) is 5.97. The van der Waals surface area contributed by atoms with Crippen molar-refractivity contribution >= 4 is 23.2 Å². The third kappa shape index (κ3) is 2.71. The number of nitrogens with one attached hydrogen (secondary N) is 1. The van der Waals surface area contributed by atoms with Crippen molar-refractivity contribution in [1.29, 1.82) is 0 Å². The van der Waals surface area contributed by atoms with Crippen LogP contribution in [-0.4, -0.2) is 22.1 Å². The highest BCUT2D eigenvalue weighted by atomic mass is 35.5. The fourth-order valence-corrected chi connectivity index (χ4v) is 3.24. The Kier molecular flexibility index (Phi) is 4.01. The van der Waals surface area contributed by atoms with E-state index < -0.39 is 0 Å². The number of rotatable bonds is 2. The molecule has 2 heterocycles. The lowest BCUT2D eigenvalue weighted by molar-refractivity contribution is 0.315. The highest BCUT2D eigenvalue weighted by Crippen LogP contribution is 2.34. The standard InChI is InChI=1S/C15H17Cl2N3/c1-10-6-12(4-5-19-10)20-9-18-8-15(20)13-7-11(16)2-3-14(13)17/h2-3,7-10,12,19H,4-6H2,1H3. The fraction of sp³-hybridized carbons (Fsp3) is 0.400. The van der Waals surface area contributed by atoms with Crippen LogP contribution in [0.4, 0.5) is 0 Å². The van der Waals surface area contributed by atoms with E-state index in [4.69, 9.17) is 23.2 Å².